The van der Waals surface area contributed by atoms with E-state index in [4.69, 9.17) is 10.5 Å². The third-order valence-corrected chi connectivity index (χ3v) is 6.19. The summed E-state index contributed by atoms with van der Waals surface area (Å²) in [6, 6.07) is 12.0. The minimum Gasteiger partial charge on any atom is -0.496 e. The second kappa shape index (κ2) is 7.77. The number of nitrogens with zero attached hydrogens (tertiary/aromatic N) is 3. The second-order valence-corrected chi connectivity index (χ2v) is 7.96. The number of para-hydroxylation sites is 1. The molecule has 0 bridgehead atoms. The number of likely N-dealkylation sites (tertiary alicyclic amines) is 1. The summed E-state index contributed by atoms with van der Waals surface area (Å²) in [6.07, 6.45) is 1.88. The van der Waals surface area contributed by atoms with Crippen molar-refractivity contribution in [2.24, 2.45) is 0 Å². The molecule has 1 aromatic carbocycles. The summed E-state index contributed by atoms with van der Waals surface area (Å²) in [7, 11) is 3.85. The molecule has 6 nitrogen and oxygen atoms in total. The fourth-order valence-corrected chi connectivity index (χ4v) is 4.57. The van der Waals surface area contributed by atoms with Crippen LogP contribution in [0.5, 0.6) is 5.75 Å². The Bertz CT molecular complexity index is 967. The zero-order chi connectivity index (χ0) is 19.7. The molecule has 0 aliphatic carbocycles. The summed E-state index contributed by atoms with van der Waals surface area (Å²) >= 11 is 1.48. The summed E-state index contributed by atoms with van der Waals surface area (Å²) < 4.78 is 6.90. The highest BCUT2D eigenvalue weighted by molar-refractivity contribution is 7.08. The normalized spacial score (nSPS) is 20.2. The Morgan fingerprint density at radius 2 is 2.14 bits per heavy atom. The van der Waals surface area contributed by atoms with Crippen molar-refractivity contribution in [2.75, 3.05) is 26.4 Å². The summed E-state index contributed by atoms with van der Waals surface area (Å²) in [5.41, 5.74) is 8.80. The highest BCUT2D eigenvalue weighted by Crippen LogP contribution is 2.41. The Hall–Kier alpha value is -2.64. The highest BCUT2D eigenvalue weighted by Gasteiger charge is 2.32. The number of benzene rings is 1. The Morgan fingerprint density at radius 1 is 1.32 bits per heavy atom. The molecule has 1 saturated heterocycles. The van der Waals surface area contributed by atoms with E-state index in [1.807, 2.05) is 35.0 Å². The molecule has 0 radical (unpaired) electrons. The average Bonchev–Trinajstić information content (AvgIpc) is 3.38. The van der Waals surface area contributed by atoms with E-state index in [1.54, 1.807) is 13.2 Å². The fraction of sp³-hybridized carbons (Fsp3) is 0.333. The van der Waals surface area contributed by atoms with Crippen molar-refractivity contribution in [2.45, 2.75) is 24.8 Å². The van der Waals surface area contributed by atoms with Crippen molar-refractivity contribution in [1.82, 2.24) is 14.7 Å². The maximum absolute atomic E-state index is 12.6. The number of anilines is 1. The number of hydrogen-bond acceptors (Lipinski definition) is 6. The van der Waals surface area contributed by atoms with E-state index >= 15 is 0 Å². The summed E-state index contributed by atoms with van der Waals surface area (Å²) in [6.45, 7) is 0.943. The van der Waals surface area contributed by atoms with Gasteiger partial charge in [0, 0.05) is 29.0 Å². The first kappa shape index (κ1) is 18.7. The van der Waals surface area contributed by atoms with Crippen LogP contribution in [0.3, 0.4) is 0 Å². The van der Waals surface area contributed by atoms with Gasteiger partial charge in [-0.25, -0.2) is 0 Å². The third-order valence-electron chi connectivity index (χ3n) is 5.50. The predicted octanol–water partition coefficient (Wildman–Crippen LogP) is 3.77. The molecule has 1 fully saturated rings. The number of nitrogen functional groups attached to an aromatic ring is 1. The van der Waals surface area contributed by atoms with Gasteiger partial charge in [0.1, 0.15) is 11.6 Å². The molecule has 2 atom stereocenters. The third kappa shape index (κ3) is 3.43. The molecule has 2 N–H and O–H groups in total. The molecular weight excluding hydrogens is 372 g/mol. The molecule has 28 heavy (non-hydrogen) atoms. The van der Waals surface area contributed by atoms with Crippen LogP contribution in [-0.2, 0) is 0 Å². The van der Waals surface area contributed by atoms with Gasteiger partial charge in [-0.2, -0.15) is 21.1 Å². The van der Waals surface area contributed by atoms with Crippen LogP contribution in [0, 0.1) is 0 Å². The van der Waals surface area contributed by atoms with Crippen LogP contribution in [0.2, 0.25) is 0 Å². The Labute approximate surface area is 168 Å². The minimum atomic E-state index is -0.181. The number of rotatable bonds is 4. The van der Waals surface area contributed by atoms with E-state index < -0.39 is 0 Å². The Morgan fingerprint density at radius 3 is 2.89 bits per heavy atom. The number of ether oxygens (including phenoxy) is 1. The zero-order valence-electron chi connectivity index (χ0n) is 16.0. The van der Waals surface area contributed by atoms with E-state index in [9.17, 15) is 4.79 Å². The quantitative estimate of drug-likeness (QED) is 0.727. The van der Waals surface area contributed by atoms with Crippen molar-refractivity contribution in [3.05, 3.63) is 64.0 Å². The van der Waals surface area contributed by atoms with Crippen LogP contribution < -0.4 is 10.5 Å². The highest BCUT2D eigenvalue weighted by atomic mass is 32.1. The Balaban J connectivity index is 1.60. The van der Waals surface area contributed by atoms with Crippen LogP contribution in [-0.4, -0.2) is 41.3 Å². The van der Waals surface area contributed by atoms with E-state index in [2.05, 4.69) is 23.1 Å². The fourth-order valence-electron chi connectivity index (χ4n) is 3.94. The molecule has 2 aromatic heterocycles. The van der Waals surface area contributed by atoms with Gasteiger partial charge >= 0.3 is 0 Å². The number of hydrogen-bond donors (Lipinski definition) is 1. The topological polar surface area (TPSA) is 73.4 Å². The molecule has 2 unspecified atom stereocenters. The molecule has 1 aliphatic rings. The monoisotopic (exact) mass is 396 g/mol. The van der Waals surface area contributed by atoms with Crippen molar-refractivity contribution in [3.63, 3.8) is 0 Å². The van der Waals surface area contributed by atoms with Crippen molar-refractivity contribution >= 4 is 23.1 Å². The van der Waals surface area contributed by atoms with Gasteiger partial charge in [0.15, 0.2) is 0 Å². The molecule has 1 aliphatic heterocycles. The summed E-state index contributed by atoms with van der Waals surface area (Å²) in [5.74, 6) is 1.35. The van der Waals surface area contributed by atoms with Crippen LogP contribution >= 0.6 is 11.3 Å². The molecule has 0 saturated carbocycles. The van der Waals surface area contributed by atoms with E-state index in [1.165, 1.54) is 21.6 Å². The van der Waals surface area contributed by atoms with Crippen molar-refractivity contribution < 1.29 is 9.53 Å². The first-order valence-corrected chi connectivity index (χ1v) is 10.3. The number of thiophene rings is 1. The van der Waals surface area contributed by atoms with Gasteiger partial charge in [-0.1, -0.05) is 18.2 Å². The lowest BCUT2D eigenvalue weighted by Crippen LogP contribution is -2.33. The molecule has 3 aromatic rings. The summed E-state index contributed by atoms with van der Waals surface area (Å²) in [4.78, 5) is 15.0. The Kier molecular flexibility index (Phi) is 5.19. The number of carbonyl (C=O) groups excluding carboxylic acids is 1. The molecule has 4 rings (SSSR count). The molecular formula is C21H24N4O2S. The maximum Gasteiger partial charge on any atom is 0.280 e. The number of carbonyl (C=O) groups is 1. The lowest BCUT2D eigenvalue weighted by molar-refractivity contribution is 0.0947. The molecule has 0 amide bonds. The van der Waals surface area contributed by atoms with E-state index in [0.717, 1.165) is 30.8 Å². The average molecular weight is 397 g/mol. The predicted molar refractivity (Wildman–Crippen MR) is 111 cm³/mol. The van der Waals surface area contributed by atoms with Crippen molar-refractivity contribution in [1.29, 1.82) is 0 Å². The van der Waals surface area contributed by atoms with Gasteiger partial charge < -0.3 is 10.5 Å². The lowest BCUT2D eigenvalue weighted by Gasteiger charge is -2.37. The van der Waals surface area contributed by atoms with Gasteiger partial charge in [-0.05, 0) is 43.9 Å². The largest absolute Gasteiger partial charge is 0.496 e. The molecule has 146 valence electrons. The van der Waals surface area contributed by atoms with Gasteiger partial charge in [-0.15, -0.1) is 0 Å². The maximum atomic E-state index is 12.6. The van der Waals surface area contributed by atoms with E-state index in [0.29, 0.717) is 11.4 Å². The zero-order valence-corrected chi connectivity index (χ0v) is 16.9. The number of methoxy groups -OCH3 is 1. The van der Waals surface area contributed by atoms with E-state index in [-0.39, 0.29) is 17.9 Å². The van der Waals surface area contributed by atoms with Gasteiger partial charge in [0.2, 0.25) is 0 Å². The van der Waals surface area contributed by atoms with Crippen LogP contribution in [0.25, 0.3) is 0 Å². The molecule has 7 heteroatoms. The smallest absolute Gasteiger partial charge is 0.280 e. The first-order valence-electron chi connectivity index (χ1n) is 9.34. The van der Waals surface area contributed by atoms with Gasteiger partial charge in [-0.3, -0.25) is 9.69 Å². The first-order chi connectivity index (χ1) is 13.6. The van der Waals surface area contributed by atoms with Crippen LogP contribution in [0.15, 0.2) is 47.2 Å². The SMILES string of the molecule is COc1ccccc1C1CC(c2cc(N)n(C(=O)c3ccsc3)n2)CCN1C. The van der Waals surface area contributed by atoms with Gasteiger partial charge in [0.05, 0.1) is 18.4 Å². The number of aromatic nitrogens is 2. The lowest BCUT2D eigenvalue weighted by atomic mass is 9.85. The molecule has 0 spiro atoms. The summed E-state index contributed by atoms with van der Waals surface area (Å²) in [5, 5.41) is 8.28. The van der Waals surface area contributed by atoms with Crippen LogP contribution in [0.1, 0.15) is 46.4 Å². The number of piperidine rings is 1. The number of nitrogens with two attached hydrogens (primary N) is 1. The van der Waals surface area contributed by atoms with Crippen molar-refractivity contribution in [3.8, 4) is 5.75 Å². The van der Waals surface area contributed by atoms with Crippen LogP contribution in [0.4, 0.5) is 5.82 Å². The standard InChI is InChI=1S/C21H24N4O2S/c1-24-9-7-14(11-18(24)16-5-3-4-6-19(16)27-2)17-12-20(22)25(23-17)21(26)15-8-10-28-13-15/h3-6,8,10,12-14,18H,7,9,11,22H2,1-2H3. The second-order valence-electron chi connectivity index (χ2n) is 7.18. The van der Waals surface area contributed by atoms with Gasteiger partial charge in [0.25, 0.3) is 5.91 Å². The minimum absolute atomic E-state index is 0.181. The molecule has 3 heterocycles.